The Morgan fingerprint density at radius 1 is 1.07 bits per heavy atom. The molecular formula is C32H35ClN4O6S. The number of ether oxygens (including phenoxy) is 1. The zero-order valence-corrected chi connectivity index (χ0v) is 26.6. The number of carbonyl (C=O) groups is 2. The molecule has 3 aromatic rings. The van der Waals surface area contributed by atoms with Crippen molar-refractivity contribution in [3.05, 3.63) is 87.9 Å². The van der Waals surface area contributed by atoms with Crippen molar-refractivity contribution in [2.24, 2.45) is 0 Å². The Bertz CT molecular complexity index is 1770. The number of amides is 2. The van der Waals surface area contributed by atoms with Crippen LogP contribution in [0.5, 0.6) is 5.75 Å². The number of sulfonamides is 1. The second-order valence-corrected chi connectivity index (χ2v) is 14.1. The Hall–Kier alpha value is -3.48. The second-order valence-electron chi connectivity index (χ2n) is 11.9. The number of aliphatic hydroxyl groups is 1. The standard InChI is InChI=1S/C32H35ClN4O6S/c1-34(2)30(39)28-17-23(38)19-36(28)32(25-7-5-6-8-29(25)43-4)26-16-22(33)10-12-27(26)37(31(32)40)44(41,42)24-11-9-20-13-14-35(3)18-21(20)15-24/h5-12,15-16,23,28,38H,13-14,17-19H2,1-4H3/t23-,28+,32?/m1/s1. The molecule has 0 aromatic heterocycles. The first-order valence-corrected chi connectivity index (χ1v) is 16.2. The van der Waals surface area contributed by atoms with Gasteiger partial charge in [-0.05, 0) is 67.4 Å². The molecule has 3 heterocycles. The van der Waals surface area contributed by atoms with E-state index in [1.807, 2.05) is 13.1 Å². The molecule has 2 amide bonds. The fraction of sp³-hybridized carbons (Fsp3) is 0.375. The molecule has 3 atom stereocenters. The van der Waals surface area contributed by atoms with E-state index in [4.69, 9.17) is 16.3 Å². The van der Waals surface area contributed by atoms with Crippen LogP contribution in [0.4, 0.5) is 5.69 Å². The van der Waals surface area contributed by atoms with E-state index in [9.17, 15) is 18.3 Å². The first-order valence-electron chi connectivity index (χ1n) is 14.4. The first-order chi connectivity index (χ1) is 20.9. The number of rotatable bonds is 6. The smallest absolute Gasteiger partial charge is 0.271 e. The van der Waals surface area contributed by atoms with Crippen LogP contribution in [0.25, 0.3) is 0 Å². The molecular weight excluding hydrogens is 604 g/mol. The molecule has 0 spiro atoms. The molecule has 1 saturated heterocycles. The third-order valence-electron chi connectivity index (χ3n) is 8.91. The topological polar surface area (TPSA) is 111 Å². The van der Waals surface area contributed by atoms with Crippen LogP contribution in [0.3, 0.4) is 0 Å². The lowest BCUT2D eigenvalue weighted by molar-refractivity contribution is -0.138. The predicted molar refractivity (Wildman–Crippen MR) is 166 cm³/mol. The number of hydrogen-bond acceptors (Lipinski definition) is 8. The van der Waals surface area contributed by atoms with Crippen molar-refractivity contribution in [2.75, 3.05) is 45.6 Å². The highest BCUT2D eigenvalue weighted by Crippen LogP contribution is 2.55. The van der Waals surface area contributed by atoms with Crippen molar-refractivity contribution in [1.82, 2.24) is 14.7 Å². The number of likely N-dealkylation sites (N-methyl/N-ethyl adjacent to an activating group) is 2. The summed E-state index contributed by atoms with van der Waals surface area (Å²) in [5.74, 6) is -0.813. The van der Waals surface area contributed by atoms with Gasteiger partial charge in [0.05, 0.1) is 29.8 Å². The van der Waals surface area contributed by atoms with Gasteiger partial charge in [0.25, 0.3) is 15.9 Å². The number of β-amino-alcohol motifs (C(OH)–C–C–N with tert-alkyl or cyclic N) is 1. The maximum Gasteiger partial charge on any atom is 0.271 e. The summed E-state index contributed by atoms with van der Waals surface area (Å²) < 4.78 is 35.8. The fourth-order valence-corrected chi connectivity index (χ4v) is 8.56. The summed E-state index contributed by atoms with van der Waals surface area (Å²) in [4.78, 5) is 34.0. The molecule has 1 fully saturated rings. The van der Waals surface area contributed by atoms with E-state index < -0.39 is 33.6 Å². The lowest BCUT2D eigenvalue weighted by Crippen LogP contribution is -2.59. The summed E-state index contributed by atoms with van der Waals surface area (Å²) in [7, 11) is 2.18. The van der Waals surface area contributed by atoms with Crippen LogP contribution in [-0.4, -0.2) is 93.5 Å². The molecule has 0 aliphatic carbocycles. The highest BCUT2D eigenvalue weighted by Gasteiger charge is 2.64. The molecule has 12 heteroatoms. The summed E-state index contributed by atoms with van der Waals surface area (Å²) in [5.41, 5.74) is 0.831. The summed E-state index contributed by atoms with van der Waals surface area (Å²) in [6.45, 7) is 1.39. The summed E-state index contributed by atoms with van der Waals surface area (Å²) >= 11 is 6.56. The Morgan fingerprint density at radius 3 is 2.55 bits per heavy atom. The van der Waals surface area contributed by atoms with Gasteiger partial charge in [0, 0.05) is 49.9 Å². The zero-order valence-electron chi connectivity index (χ0n) is 25.0. The van der Waals surface area contributed by atoms with E-state index in [-0.39, 0.29) is 40.0 Å². The van der Waals surface area contributed by atoms with Crippen LogP contribution in [0.2, 0.25) is 5.02 Å². The molecule has 0 bridgehead atoms. The van der Waals surface area contributed by atoms with Crippen LogP contribution in [0.15, 0.2) is 65.6 Å². The number of carbonyl (C=O) groups excluding carboxylic acids is 2. The third-order valence-corrected chi connectivity index (χ3v) is 10.8. The summed E-state index contributed by atoms with van der Waals surface area (Å²) in [6.07, 6.45) is -0.0948. The van der Waals surface area contributed by atoms with Crippen molar-refractivity contribution in [2.45, 2.75) is 42.0 Å². The molecule has 3 aliphatic heterocycles. The second kappa shape index (κ2) is 11.1. The van der Waals surface area contributed by atoms with E-state index >= 15 is 4.79 Å². The normalized spacial score (nSPS) is 23.9. The molecule has 44 heavy (non-hydrogen) atoms. The lowest BCUT2D eigenvalue weighted by Gasteiger charge is -2.42. The van der Waals surface area contributed by atoms with E-state index in [1.54, 1.807) is 61.5 Å². The number of fused-ring (bicyclic) bond motifs is 2. The highest BCUT2D eigenvalue weighted by molar-refractivity contribution is 7.93. The highest BCUT2D eigenvalue weighted by atomic mass is 35.5. The van der Waals surface area contributed by atoms with Gasteiger partial charge in [0.2, 0.25) is 5.91 Å². The number of benzene rings is 3. The van der Waals surface area contributed by atoms with Gasteiger partial charge < -0.3 is 19.6 Å². The average molecular weight is 639 g/mol. The first kappa shape index (κ1) is 30.5. The third kappa shape index (κ3) is 4.60. The number of aliphatic hydroxyl groups excluding tert-OH is 1. The lowest BCUT2D eigenvalue weighted by atomic mass is 9.80. The monoisotopic (exact) mass is 638 g/mol. The van der Waals surface area contributed by atoms with Crippen LogP contribution in [0.1, 0.15) is 28.7 Å². The quantitative estimate of drug-likeness (QED) is 0.439. The number of anilines is 1. The SMILES string of the molecule is COc1ccccc1C1(N2C[C@H](O)C[C@H]2C(=O)N(C)C)C(=O)N(S(=O)(=O)c2ccc3c(c2)CN(C)CC3)c2ccc(Cl)cc21. The number of hydrogen-bond donors (Lipinski definition) is 1. The van der Waals surface area contributed by atoms with Gasteiger partial charge in [-0.25, -0.2) is 12.7 Å². The Kier molecular flexibility index (Phi) is 7.74. The molecule has 232 valence electrons. The number of methoxy groups -OCH3 is 1. The Labute approximate surface area is 262 Å². The minimum Gasteiger partial charge on any atom is -0.496 e. The van der Waals surface area contributed by atoms with Gasteiger partial charge in [0.1, 0.15) is 5.75 Å². The van der Waals surface area contributed by atoms with Crippen molar-refractivity contribution in [1.29, 1.82) is 0 Å². The van der Waals surface area contributed by atoms with Gasteiger partial charge in [-0.2, -0.15) is 0 Å². The maximum atomic E-state index is 15.2. The van der Waals surface area contributed by atoms with E-state index in [0.717, 1.165) is 28.4 Å². The van der Waals surface area contributed by atoms with Crippen molar-refractivity contribution < 1.29 is 27.9 Å². The van der Waals surface area contributed by atoms with Crippen LogP contribution >= 0.6 is 11.6 Å². The zero-order chi connectivity index (χ0) is 31.6. The van der Waals surface area contributed by atoms with Gasteiger partial charge in [-0.15, -0.1) is 0 Å². The molecule has 3 aliphatic rings. The van der Waals surface area contributed by atoms with Crippen LogP contribution < -0.4 is 9.04 Å². The predicted octanol–water partition coefficient (Wildman–Crippen LogP) is 2.84. The number of nitrogens with zero attached hydrogens (tertiary/aromatic N) is 4. The van der Waals surface area contributed by atoms with E-state index in [2.05, 4.69) is 4.90 Å². The van der Waals surface area contributed by atoms with E-state index in [0.29, 0.717) is 17.9 Å². The Morgan fingerprint density at radius 2 is 1.82 bits per heavy atom. The Balaban J connectivity index is 1.63. The average Bonchev–Trinajstić information content (AvgIpc) is 3.50. The van der Waals surface area contributed by atoms with Crippen molar-refractivity contribution >= 4 is 39.1 Å². The molecule has 3 aromatic carbocycles. The van der Waals surface area contributed by atoms with Gasteiger partial charge in [-0.1, -0.05) is 35.9 Å². The fourth-order valence-electron chi connectivity index (χ4n) is 6.88. The number of halogens is 1. The van der Waals surface area contributed by atoms with Crippen LogP contribution in [0, 0.1) is 0 Å². The largest absolute Gasteiger partial charge is 0.496 e. The summed E-state index contributed by atoms with van der Waals surface area (Å²) in [5, 5.41) is 11.2. The minimum atomic E-state index is -4.46. The summed E-state index contributed by atoms with van der Waals surface area (Å²) in [6, 6.07) is 15.5. The molecule has 0 saturated carbocycles. The minimum absolute atomic E-state index is 0.0148. The number of para-hydroxylation sites is 1. The van der Waals surface area contributed by atoms with E-state index in [1.165, 1.54) is 24.1 Å². The van der Waals surface area contributed by atoms with Gasteiger partial charge in [-0.3, -0.25) is 14.5 Å². The molecule has 0 radical (unpaired) electrons. The van der Waals surface area contributed by atoms with Gasteiger partial charge >= 0.3 is 0 Å². The molecule has 1 unspecified atom stereocenters. The van der Waals surface area contributed by atoms with Gasteiger partial charge in [0.15, 0.2) is 5.54 Å². The number of likely N-dealkylation sites (tertiary alicyclic amines) is 1. The van der Waals surface area contributed by atoms with Crippen LogP contribution in [-0.2, 0) is 38.1 Å². The molecule has 1 N–H and O–H groups in total. The molecule has 6 rings (SSSR count). The molecule has 10 nitrogen and oxygen atoms in total. The van der Waals surface area contributed by atoms with Crippen molar-refractivity contribution in [3.8, 4) is 5.75 Å². The maximum absolute atomic E-state index is 15.2. The van der Waals surface area contributed by atoms with Crippen molar-refractivity contribution in [3.63, 3.8) is 0 Å².